The zero-order valence-electron chi connectivity index (χ0n) is 29.5. The lowest BCUT2D eigenvalue weighted by molar-refractivity contribution is -0.150. The van der Waals surface area contributed by atoms with Gasteiger partial charge in [-0.25, -0.2) is 24.0 Å². The highest BCUT2D eigenvalue weighted by Crippen LogP contribution is 2.25. The number of isocyanates is 2. The number of carbonyl (C=O) groups is 4. The van der Waals surface area contributed by atoms with Gasteiger partial charge in [-0.2, -0.15) is 9.98 Å². The molecular weight excluding hydrogens is 746 g/mol. The Labute approximate surface area is 323 Å². The average Bonchev–Trinajstić information content (AvgIpc) is 3.18. The van der Waals surface area contributed by atoms with Crippen molar-refractivity contribution >= 4 is 64.8 Å². The van der Waals surface area contributed by atoms with E-state index in [4.69, 9.17) is 38.9 Å². The van der Waals surface area contributed by atoms with Crippen molar-refractivity contribution in [3.05, 3.63) is 103 Å². The van der Waals surface area contributed by atoms with Crippen molar-refractivity contribution in [1.82, 2.24) is 0 Å². The highest BCUT2D eigenvalue weighted by atomic mass is 16.6. The molecule has 19 heteroatoms. The normalized spacial score (nSPS) is 10.0. The van der Waals surface area contributed by atoms with Crippen LogP contribution in [0.5, 0.6) is 11.5 Å². The van der Waals surface area contributed by atoms with Crippen LogP contribution in [0, 0.1) is 28.4 Å². The van der Waals surface area contributed by atoms with Crippen LogP contribution in [0.3, 0.4) is 0 Å². The Hall–Kier alpha value is -8.50. The summed E-state index contributed by atoms with van der Waals surface area (Å²) in [5.41, 5.74) is -0.447. The number of nitrogens with one attached hydrogen (secondary N) is 3. The number of carbonyl (C=O) groups excluding carboxylic acids is 6. The standard InChI is InChI=1S/C38H29N7O12/c39-22-56-32-11-3-9-30(16-32)44-36(50)54-20-38(18-52-34(48)14-26-5-1-6-27(13-26)41-24-46,19-53-35(49)43-29-8-2-7-28(15-29)42-25-47)21-55-37(51)45-31-10-4-12-33(17-31)57-23-40/h1-13,15-17H,14,18-21H2,(H,43,49)(H,44,50)(H,45,51). The lowest BCUT2D eigenvalue weighted by Crippen LogP contribution is -2.45. The molecule has 288 valence electrons. The number of anilines is 3. The summed E-state index contributed by atoms with van der Waals surface area (Å²) < 4.78 is 31.6. The first-order valence-corrected chi connectivity index (χ1v) is 16.3. The van der Waals surface area contributed by atoms with Gasteiger partial charge in [-0.15, -0.1) is 10.5 Å². The summed E-state index contributed by atoms with van der Waals surface area (Å²) >= 11 is 0. The molecule has 3 amide bonds. The maximum absolute atomic E-state index is 13.1. The molecule has 19 nitrogen and oxygen atoms in total. The molecule has 0 aliphatic carbocycles. The largest absolute Gasteiger partial charge is 0.464 e. The number of benzene rings is 4. The van der Waals surface area contributed by atoms with Crippen LogP contribution in [0.15, 0.2) is 107 Å². The Kier molecular flexibility index (Phi) is 15.4. The van der Waals surface area contributed by atoms with E-state index >= 15 is 0 Å². The maximum Gasteiger partial charge on any atom is 0.411 e. The van der Waals surface area contributed by atoms with Crippen molar-refractivity contribution in [2.45, 2.75) is 6.42 Å². The second-order valence-corrected chi connectivity index (χ2v) is 11.5. The molecule has 0 aliphatic rings. The van der Waals surface area contributed by atoms with Gasteiger partial charge in [-0.3, -0.25) is 20.7 Å². The first kappa shape index (κ1) is 41.3. The Morgan fingerprint density at radius 2 is 0.982 bits per heavy atom. The van der Waals surface area contributed by atoms with E-state index in [1.807, 2.05) is 0 Å². The predicted octanol–water partition coefficient (Wildman–Crippen LogP) is 6.16. The molecule has 0 spiro atoms. The third-order valence-electron chi connectivity index (χ3n) is 7.26. The number of nitrogens with zero attached hydrogens (tertiary/aromatic N) is 4. The monoisotopic (exact) mass is 775 g/mol. The van der Waals surface area contributed by atoms with Gasteiger partial charge in [0.2, 0.25) is 12.2 Å². The number of nitriles is 2. The first-order valence-electron chi connectivity index (χ1n) is 16.3. The molecule has 0 aromatic heterocycles. The molecule has 0 radical (unpaired) electrons. The zero-order valence-corrected chi connectivity index (χ0v) is 29.5. The minimum Gasteiger partial charge on any atom is -0.464 e. The fourth-order valence-electron chi connectivity index (χ4n) is 4.69. The molecule has 0 atom stereocenters. The molecule has 0 saturated carbocycles. The van der Waals surface area contributed by atoms with Crippen LogP contribution in [0.2, 0.25) is 0 Å². The minimum absolute atomic E-state index is 0.118. The molecule has 0 fully saturated rings. The number of amides is 3. The van der Waals surface area contributed by atoms with Gasteiger partial charge in [-0.05, 0) is 60.2 Å². The van der Waals surface area contributed by atoms with E-state index in [9.17, 15) is 28.8 Å². The highest BCUT2D eigenvalue weighted by molar-refractivity contribution is 5.86. The van der Waals surface area contributed by atoms with Gasteiger partial charge in [0.15, 0.2) is 0 Å². The number of rotatable bonds is 17. The van der Waals surface area contributed by atoms with Crippen LogP contribution < -0.4 is 25.4 Å². The summed E-state index contributed by atoms with van der Waals surface area (Å²) in [5.74, 6) is -0.583. The lowest BCUT2D eigenvalue weighted by Gasteiger charge is -2.31. The van der Waals surface area contributed by atoms with Crippen molar-refractivity contribution in [1.29, 1.82) is 10.5 Å². The van der Waals surface area contributed by atoms with Crippen LogP contribution in [0.25, 0.3) is 0 Å². The molecule has 0 aliphatic heterocycles. The number of esters is 1. The van der Waals surface area contributed by atoms with Crippen LogP contribution in [-0.2, 0) is 39.8 Å². The predicted molar refractivity (Wildman–Crippen MR) is 196 cm³/mol. The fourth-order valence-corrected chi connectivity index (χ4v) is 4.69. The van der Waals surface area contributed by atoms with E-state index in [1.54, 1.807) is 12.1 Å². The van der Waals surface area contributed by atoms with Crippen molar-refractivity contribution in [3.63, 3.8) is 0 Å². The van der Waals surface area contributed by atoms with E-state index < -0.39 is 56.1 Å². The van der Waals surface area contributed by atoms with Crippen LogP contribution in [0.1, 0.15) is 5.56 Å². The summed E-state index contributed by atoms with van der Waals surface area (Å²) in [6, 6.07) is 23.5. The average molecular weight is 776 g/mol. The van der Waals surface area contributed by atoms with Gasteiger partial charge in [0.25, 0.3) is 12.5 Å². The van der Waals surface area contributed by atoms with Gasteiger partial charge in [0.05, 0.1) is 17.8 Å². The van der Waals surface area contributed by atoms with Gasteiger partial charge in [-0.1, -0.05) is 30.3 Å². The second kappa shape index (κ2) is 21.3. The first-order chi connectivity index (χ1) is 27.6. The van der Waals surface area contributed by atoms with Gasteiger partial charge in [0.1, 0.15) is 43.3 Å². The Morgan fingerprint density at radius 1 is 0.561 bits per heavy atom. The summed E-state index contributed by atoms with van der Waals surface area (Å²) in [4.78, 5) is 80.7. The third kappa shape index (κ3) is 14.1. The van der Waals surface area contributed by atoms with E-state index in [0.29, 0.717) is 5.56 Å². The SMILES string of the molecule is N#COc1cccc(NC(=O)OCC(COC(=O)Cc2cccc(N=C=O)c2)(COC(=O)Nc2cccc(N=C=O)c2)COC(=O)Nc2cccc(OC#N)c2)c1. The zero-order chi connectivity index (χ0) is 40.9. The molecule has 4 aromatic rings. The van der Waals surface area contributed by atoms with Crippen molar-refractivity contribution < 1.29 is 57.2 Å². The van der Waals surface area contributed by atoms with E-state index in [1.165, 1.54) is 110 Å². The summed E-state index contributed by atoms with van der Waals surface area (Å²) in [5, 5.41) is 25.0. The Balaban J connectivity index is 1.59. The molecule has 0 heterocycles. The molecular formula is C38H29N7O12. The molecule has 3 N–H and O–H groups in total. The number of aliphatic imine (C=N–C) groups is 2. The molecule has 0 unspecified atom stereocenters. The van der Waals surface area contributed by atoms with E-state index in [2.05, 4.69) is 25.9 Å². The quantitative estimate of drug-likeness (QED) is 0.0357. The van der Waals surface area contributed by atoms with E-state index in [0.717, 1.165) is 0 Å². The molecule has 57 heavy (non-hydrogen) atoms. The molecule has 0 saturated heterocycles. The summed E-state index contributed by atoms with van der Waals surface area (Å²) in [6.45, 7) is -2.75. The van der Waals surface area contributed by atoms with E-state index in [-0.39, 0.29) is 46.4 Å². The maximum atomic E-state index is 13.1. The van der Waals surface area contributed by atoms with Crippen molar-refractivity contribution in [2.75, 3.05) is 42.4 Å². The van der Waals surface area contributed by atoms with Gasteiger partial charge in [0, 0.05) is 29.2 Å². The minimum atomic E-state index is -1.79. The molecule has 4 rings (SSSR count). The van der Waals surface area contributed by atoms with Crippen LogP contribution in [0.4, 0.5) is 42.8 Å². The molecule has 0 bridgehead atoms. The second-order valence-electron chi connectivity index (χ2n) is 11.5. The van der Waals surface area contributed by atoms with Crippen molar-refractivity contribution in [2.24, 2.45) is 15.4 Å². The topological polar surface area (TPSA) is 266 Å². The third-order valence-corrected chi connectivity index (χ3v) is 7.26. The summed E-state index contributed by atoms with van der Waals surface area (Å²) in [7, 11) is 0. The Bertz CT molecular complexity index is 2120. The molecule has 4 aromatic carbocycles. The van der Waals surface area contributed by atoms with Gasteiger partial charge < -0.3 is 28.4 Å². The fraction of sp³-hybridized carbons (Fsp3) is 0.158. The number of hydrogen-bond donors (Lipinski definition) is 3. The number of ether oxygens (including phenoxy) is 6. The smallest absolute Gasteiger partial charge is 0.411 e. The lowest BCUT2D eigenvalue weighted by atomic mass is 9.92. The van der Waals surface area contributed by atoms with Crippen LogP contribution >= 0.6 is 0 Å². The Morgan fingerprint density at radius 3 is 1.46 bits per heavy atom. The number of hydrogen-bond acceptors (Lipinski definition) is 16. The van der Waals surface area contributed by atoms with Gasteiger partial charge >= 0.3 is 24.2 Å². The highest BCUT2D eigenvalue weighted by Gasteiger charge is 2.38. The summed E-state index contributed by atoms with van der Waals surface area (Å²) in [6.07, 6.45) is 2.35. The van der Waals surface area contributed by atoms with Crippen LogP contribution in [-0.4, -0.2) is 62.8 Å². The van der Waals surface area contributed by atoms with Crippen molar-refractivity contribution in [3.8, 4) is 24.0 Å².